The number of methoxy groups -OCH3 is 1. The van der Waals surface area contributed by atoms with Gasteiger partial charge in [-0.15, -0.1) is 0 Å². The number of anilines is 1. The number of esters is 1. The molecule has 3 heterocycles. The highest BCUT2D eigenvalue weighted by Crippen LogP contribution is 2.41. The molecule has 1 amide bonds. The van der Waals surface area contributed by atoms with Gasteiger partial charge in [0.25, 0.3) is 5.91 Å². The number of carbonyl (C=O) groups is 2. The van der Waals surface area contributed by atoms with E-state index in [9.17, 15) is 14.7 Å². The van der Waals surface area contributed by atoms with Crippen molar-refractivity contribution in [2.45, 2.75) is 56.4 Å². The van der Waals surface area contributed by atoms with Crippen LogP contribution in [0.3, 0.4) is 0 Å². The lowest BCUT2D eigenvalue weighted by Gasteiger charge is -2.41. The van der Waals surface area contributed by atoms with Gasteiger partial charge in [-0.2, -0.15) is 0 Å². The molecule has 42 heavy (non-hydrogen) atoms. The predicted octanol–water partition coefficient (Wildman–Crippen LogP) is 3.63. The smallest absolute Gasteiger partial charge is 0.338 e. The Morgan fingerprint density at radius 2 is 2.10 bits per heavy atom. The number of cyclic esters (lactones) is 1. The minimum atomic E-state index is -1.03. The lowest BCUT2D eigenvalue weighted by molar-refractivity contribution is -0.0893. The van der Waals surface area contributed by atoms with Crippen LogP contribution in [0.25, 0.3) is 11.3 Å². The molecule has 10 nitrogen and oxygen atoms in total. The summed E-state index contributed by atoms with van der Waals surface area (Å²) in [7, 11) is 1.61. The van der Waals surface area contributed by atoms with Crippen molar-refractivity contribution in [3.05, 3.63) is 71.7 Å². The van der Waals surface area contributed by atoms with Crippen LogP contribution in [0.1, 0.15) is 64.6 Å². The van der Waals surface area contributed by atoms with E-state index < -0.39 is 5.60 Å². The van der Waals surface area contributed by atoms with Crippen LogP contribution in [0.4, 0.5) is 5.69 Å². The highest BCUT2D eigenvalue weighted by molar-refractivity contribution is 5.98. The first-order chi connectivity index (χ1) is 20.5. The second kappa shape index (κ2) is 12.2. The molecule has 222 valence electrons. The Balaban J connectivity index is 1.24. The number of rotatable bonds is 9. The molecule has 2 fully saturated rings. The second-order valence-corrected chi connectivity index (χ2v) is 11.5. The fraction of sp³-hybridized carbons (Fsp3) is 0.469. The zero-order valence-electron chi connectivity index (χ0n) is 24.1. The third-order valence-electron chi connectivity index (χ3n) is 8.84. The number of carbonyl (C=O) groups excluding carboxylic acids is 2. The fourth-order valence-electron chi connectivity index (χ4n) is 6.68. The topological polar surface area (TPSA) is 118 Å². The van der Waals surface area contributed by atoms with Crippen LogP contribution in [0.5, 0.6) is 0 Å². The minimum absolute atomic E-state index is 0.0352. The number of nitrogens with zero attached hydrogens (tertiary/aromatic N) is 3. The Hall–Kier alpha value is -3.73. The van der Waals surface area contributed by atoms with Crippen molar-refractivity contribution in [1.29, 1.82) is 0 Å². The Bertz CT molecular complexity index is 1420. The first kappa shape index (κ1) is 28.4. The molecule has 3 atom stereocenters. The summed E-state index contributed by atoms with van der Waals surface area (Å²) in [6.07, 6.45) is 5.79. The zero-order chi connectivity index (χ0) is 29.1. The maximum atomic E-state index is 14.2. The van der Waals surface area contributed by atoms with Crippen LogP contribution in [0.15, 0.2) is 54.9 Å². The van der Waals surface area contributed by atoms with Gasteiger partial charge in [-0.05, 0) is 31.4 Å². The zero-order valence-corrected chi connectivity index (χ0v) is 24.1. The van der Waals surface area contributed by atoms with Gasteiger partial charge in [-0.25, -0.2) is 9.78 Å². The third kappa shape index (κ3) is 5.54. The lowest BCUT2D eigenvalue weighted by Crippen LogP contribution is -2.54. The number of benzene rings is 2. The summed E-state index contributed by atoms with van der Waals surface area (Å²) in [5.41, 5.74) is 3.38. The number of piperazine rings is 1. The predicted molar refractivity (Wildman–Crippen MR) is 158 cm³/mol. The highest BCUT2D eigenvalue weighted by atomic mass is 16.5. The molecule has 0 radical (unpaired) electrons. The molecule has 6 rings (SSSR count). The number of nitrogens with one attached hydrogen (secondary N) is 2. The van der Waals surface area contributed by atoms with E-state index in [1.165, 1.54) is 0 Å². The van der Waals surface area contributed by atoms with Crippen molar-refractivity contribution in [2.24, 2.45) is 0 Å². The second-order valence-electron chi connectivity index (χ2n) is 11.5. The van der Waals surface area contributed by atoms with Crippen LogP contribution in [0, 0.1) is 0 Å². The number of fused-ring (bicyclic) bond motifs is 1. The molecule has 0 unspecified atom stereocenters. The maximum absolute atomic E-state index is 14.2. The van der Waals surface area contributed by atoms with Crippen LogP contribution >= 0.6 is 0 Å². The van der Waals surface area contributed by atoms with Crippen molar-refractivity contribution < 1.29 is 24.2 Å². The number of ether oxygens (including phenoxy) is 2. The number of amides is 1. The Kier molecular flexibility index (Phi) is 8.28. The van der Waals surface area contributed by atoms with E-state index in [-0.39, 0.29) is 30.6 Å². The summed E-state index contributed by atoms with van der Waals surface area (Å²) in [6, 6.07) is 15.3. The Morgan fingerprint density at radius 1 is 1.24 bits per heavy atom. The van der Waals surface area contributed by atoms with Crippen molar-refractivity contribution in [3.63, 3.8) is 0 Å². The first-order valence-electron chi connectivity index (χ1n) is 14.9. The van der Waals surface area contributed by atoms with Crippen molar-refractivity contribution >= 4 is 17.6 Å². The summed E-state index contributed by atoms with van der Waals surface area (Å²) in [5.74, 6) is -0.394. The van der Waals surface area contributed by atoms with Gasteiger partial charge in [0.1, 0.15) is 12.2 Å². The van der Waals surface area contributed by atoms with Crippen molar-refractivity contribution in [2.75, 3.05) is 45.2 Å². The van der Waals surface area contributed by atoms with E-state index in [1.54, 1.807) is 13.4 Å². The van der Waals surface area contributed by atoms with E-state index in [2.05, 4.69) is 10.6 Å². The molecule has 2 aliphatic heterocycles. The maximum Gasteiger partial charge on any atom is 0.338 e. The average Bonchev–Trinajstić information content (AvgIpc) is 3.61. The first-order valence-corrected chi connectivity index (χ1v) is 14.9. The van der Waals surface area contributed by atoms with E-state index in [1.807, 2.05) is 58.0 Å². The number of aromatic nitrogens is 2. The summed E-state index contributed by atoms with van der Waals surface area (Å²) in [6.45, 7) is 3.15. The Morgan fingerprint density at radius 3 is 2.93 bits per heavy atom. The third-order valence-corrected chi connectivity index (χ3v) is 8.84. The van der Waals surface area contributed by atoms with Gasteiger partial charge in [0.05, 0.1) is 30.2 Å². The summed E-state index contributed by atoms with van der Waals surface area (Å²) in [5, 5.41) is 18.5. The molecular weight excluding hydrogens is 534 g/mol. The monoisotopic (exact) mass is 573 g/mol. The fourth-order valence-corrected chi connectivity index (χ4v) is 6.68. The minimum Gasteiger partial charge on any atom is -0.457 e. The highest BCUT2D eigenvalue weighted by Gasteiger charge is 2.42. The largest absolute Gasteiger partial charge is 0.457 e. The molecule has 0 spiro atoms. The van der Waals surface area contributed by atoms with Crippen LogP contribution in [-0.2, 0) is 16.1 Å². The molecule has 1 saturated heterocycles. The van der Waals surface area contributed by atoms with Gasteiger partial charge in [0.15, 0.2) is 5.69 Å². The molecule has 3 N–H and O–H groups in total. The van der Waals surface area contributed by atoms with Gasteiger partial charge in [0.2, 0.25) is 0 Å². The van der Waals surface area contributed by atoms with E-state index in [0.717, 1.165) is 48.2 Å². The van der Waals surface area contributed by atoms with E-state index in [0.29, 0.717) is 50.5 Å². The standard InChI is InChI=1S/C32H39N5O5/c1-41-20-32(40)13-6-5-9-27(32)37-21-35-28(29(37)22-7-3-2-4-8-22)30(38)36-16-15-33-18-25(36)12-14-34-24-11-10-23-19-42-31(39)26(23)17-24/h2-4,7-8,10-11,17,21,25,27,33-34,40H,5-6,9,12-16,18-20H2,1H3/t25-,27-,32-/m1/s1. The van der Waals surface area contributed by atoms with Crippen LogP contribution in [0.2, 0.25) is 0 Å². The quantitative estimate of drug-likeness (QED) is 0.332. The molecule has 3 aliphatic rings. The molecule has 0 bridgehead atoms. The van der Waals surface area contributed by atoms with Crippen LogP contribution < -0.4 is 10.6 Å². The van der Waals surface area contributed by atoms with Crippen molar-refractivity contribution in [1.82, 2.24) is 19.8 Å². The molecular formula is C32H39N5O5. The van der Waals surface area contributed by atoms with E-state index in [4.69, 9.17) is 14.5 Å². The number of aliphatic hydroxyl groups is 1. The molecule has 10 heteroatoms. The molecule has 3 aromatic rings. The van der Waals surface area contributed by atoms with Gasteiger partial charge >= 0.3 is 5.97 Å². The molecule has 1 aliphatic carbocycles. The van der Waals surface area contributed by atoms with Gasteiger partial charge in [-0.3, -0.25) is 4.79 Å². The van der Waals surface area contributed by atoms with Gasteiger partial charge in [0, 0.05) is 56.1 Å². The van der Waals surface area contributed by atoms with Gasteiger partial charge in [-0.1, -0.05) is 49.2 Å². The molecule has 1 aromatic heterocycles. The summed E-state index contributed by atoms with van der Waals surface area (Å²) < 4.78 is 12.6. The average molecular weight is 574 g/mol. The molecule has 1 saturated carbocycles. The van der Waals surface area contributed by atoms with Crippen LogP contribution in [-0.4, -0.2) is 83.0 Å². The molecule has 2 aromatic carbocycles. The number of imidazole rings is 1. The SMILES string of the molecule is COC[C@]1(O)CCCC[C@H]1n1cnc(C(=O)N2CCNC[C@H]2CCNc2ccc3c(c2)C(=O)OC3)c1-c1ccccc1. The van der Waals surface area contributed by atoms with Gasteiger partial charge < -0.3 is 34.7 Å². The normalized spacial score (nSPS) is 23.9. The van der Waals surface area contributed by atoms with Crippen molar-refractivity contribution in [3.8, 4) is 11.3 Å². The summed E-state index contributed by atoms with van der Waals surface area (Å²) >= 11 is 0. The number of hydrogen-bond acceptors (Lipinski definition) is 8. The van der Waals surface area contributed by atoms with E-state index >= 15 is 0 Å². The Labute approximate surface area is 246 Å². The lowest BCUT2D eigenvalue weighted by atomic mass is 9.80. The summed E-state index contributed by atoms with van der Waals surface area (Å²) in [4.78, 5) is 32.9. The number of hydrogen-bond donors (Lipinski definition) is 3.